The minimum atomic E-state index is -3.29. The Labute approximate surface area is 103 Å². The monoisotopic (exact) mass is 257 g/mol. The Morgan fingerprint density at radius 2 is 2.00 bits per heavy atom. The molecule has 0 saturated heterocycles. The SMILES string of the molecule is COC(C)(C)CCS(=O)(=O)c1cccc(N)c1. The standard InChI is InChI=1S/C12H19NO3S/c1-12(2,16-3)7-8-17(14,15)11-6-4-5-10(13)9-11/h4-6,9H,7-8,13H2,1-3H3. The molecular formula is C12H19NO3S. The van der Waals surface area contributed by atoms with Gasteiger partial charge in [-0.05, 0) is 38.5 Å². The third kappa shape index (κ3) is 4.02. The number of benzene rings is 1. The van der Waals surface area contributed by atoms with Crippen LogP contribution in [0.1, 0.15) is 20.3 Å². The van der Waals surface area contributed by atoms with E-state index >= 15 is 0 Å². The smallest absolute Gasteiger partial charge is 0.178 e. The number of nitrogen functional groups attached to an aromatic ring is 1. The zero-order valence-corrected chi connectivity index (χ0v) is 11.3. The molecule has 0 aliphatic heterocycles. The van der Waals surface area contributed by atoms with Crippen molar-refractivity contribution in [3.05, 3.63) is 24.3 Å². The number of nitrogens with two attached hydrogens (primary N) is 1. The Morgan fingerprint density at radius 1 is 1.35 bits per heavy atom. The van der Waals surface area contributed by atoms with Crippen molar-refractivity contribution in [1.82, 2.24) is 0 Å². The van der Waals surface area contributed by atoms with Crippen molar-refractivity contribution in [2.45, 2.75) is 30.8 Å². The summed E-state index contributed by atoms with van der Waals surface area (Å²) in [7, 11) is -1.71. The van der Waals surface area contributed by atoms with Gasteiger partial charge < -0.3 is 10.5 Å². The van der Waals surface area contributed by atoms with Gasteiger partial charge in [0.05, 0.1) is 16.2 Å². The van der Waals surface area contributed by atoms with Crippen molar-refractivity contribution in [2.24, 2.45) is 0 Å². The third-order valence-corrected chi connectivity index (χ3v) is 4.46. The predicted molar refractivity (Wildman–Crippen MR) is 68.6 cm³/mol. The van der Waals surface area contributed by atoms with Crippen molar-refractivity contribution < 1.29 is 13.2 Å². The van der Waals surface area contributed by atoms with Crippen molar-refractivity contribution in [3.8, 4) is 0 Å². The first-order valence-electron chi connectivity index (χ1n) is 5.40. The molecule has 0 radical (unpaired) electrons. The van der Waals surface area contributed by atoms with Gasteiger partial charge in [-0.3, -0.25) is 0 Å². The Balaban J connectivity index is 2.83. The van der Waals surface area contributed by atoms with Crippen LogP contribution in [0.15, 0.2) is 29.2 Å². The highest BCUT2D eigenvalue weighted by Gasteiger charge is 2.22. The molecule has 0 aromatic heterocycles. The molecule has 17 heavy (non-hydrogen) atoms. The predicted octanol–water partition coefficient (Wildman–Crippen LogP) is 1.86. The van der Waals surface area contributed by atoms with Gasteiger partial charge in [0.15, 0.2) is 9.84 Å². The van der Waals surface area contributed by atoms with E-state index in [0.717, 1.165) is 0 Å². The molecule has 96 valence electrons. The van der Waals surface area contributed by atoms with Crippen LogP contribution in [0.3, 0.4) is 0 Å². The molecule has 0 spiro atoms. The summed E-state index contributed by atoms with van der Waals surface area (Å²) >= 11 is 0. The van der Waals surface area contributed by atoms with Crippen molar-refractivity contribution >= 4 is 15.5 Å². The zero-order valence-electron chi connectivity index (χ0n) is 10.4. The van der Waals surface area contributed by atoms with Crippen LogP contribution >= 0.6 is 0 Å². The van der Waals surface area contributed by atoms with Crippen LogP contribution in [-0.4, -0.2) is 26.9 Å². The van der Waals surface area contributed by atoms with Crippen LogP contribution in [0, 0.1) is 0 Å². The molecule has 0 unspecified atom stereocenters. The molecule has 0 aliphatic carbocycles. The number of ether oxygens (including phenoxy) is 1. The highest BCUT2D eigenvalue weighted by atomic mass is 32.2. The van der Waals surface area contributed by atoms with E-state index in [0.29, 0.717) is 12.1 Å². The second kappa shape index (κ2) is 5.06. The van der Waals surface area contributed by atoms with Crippen LogP contribution in [0.2, 0.25) is 0 Å². The maximum atomic E-state index is 12.0. The lowest BCUT2D eigenvalue weighted by Gasteiger charge is -2.22. The quantitative estimate of drug-likeness (QED) is 0.817. The van der Waals surface area contributed by atoms with E-state index in [4.69, 9.17) is 10.5 Å². The first kappa shape index (κ1) is 14.0. The van der Waals surface area contributed by atoms with E-state index in [-0.39, 0.29) is 10.6 Å². The van der Waals surface area contributed by atoms with E-state index in [9.17, 15) is 8.42 Å². The maximum Gasteiger partial charge on any atom is 0.178 e. The van der Waals surface area contributed by atoms with Crippen LogP contribution in [-0.2, 0) is 14.6 Å². The molecule has 1 rings (SSSR count). The zero-order chi connectivity index (χ0) is 13.1. The van der Waals surface area contributed by atoms with E-state index in [1.54, 1.807) is 25.3 Å². The van der Waals surface area contributed by atoms with E-state index in [2.05, 4.69) is 0 Å². The van der Waals surface area contributed by atoms with Gasteiger partial charge in [-0.25, -0.2) is 8.42 Å². The van der Waals surface area contributed by atoms with Gasteiger partial charge >= 0.3 is 0 Å². The Kier molecular flexibility index (Phi) is 4.16. The highest BCUT2D eigenvalue weighted by molar-refractivity contribution is 7.91. The minimum Gasteiger partial charge on any atom is -0.399 e. The van der Waals surface area contributed by atoms with Crippen LogP contribution < -0.4 is 5.73 Å². The normalized spacial score (nSPS) is 12.6. The van der Waals surface area contributed by atoms with Crippen molar-refractivity contribution in [3.63, 3.8) is 0 Å². The van der Waals surface area contributed by atoms with E-state index < -0.39 is 15.4 Å². The lowest BCUT2D eigenvalue weighted by atomic mass is 10.1. The van der Waals surface area contributed by atoms with Gasteiger partial charge in [-0.15, -0.1) is 0 Å². The Hall–Kier alpha value is -1.07. The van der Waals surface area contributed by atoms with Gasteiger partial charge in [-0.2, -0.15) is 0 Å². The van der Waals surface area contributed by atoms with E-state index in [1.165, 1.54) is 6.07 Å². The average molecular weight is 257 g/mol. The average Bonchev–Trinajstić information content (AvgIpc) is 2.27. The number of sulfone groups is 1. The summed E-state index contributed by atoms with van der Waals surface area (Å²) < 4.78 is 29.3. The number of hydrogen-bond donors (Lipinski definition) is 1. The van der Waals surface area contributed by atoms with Crippen LogP contribution in [0.4, 0.5) is 5.69 Å². The summed E-state index contributed by atoms with van der Waals surface area (Å²) in [6, 6.07) is 6.35. The number of rotatable bonds is 5. The van der Waals surface area contributed by atoms with Gasteiger partial charge in [0.1, 0.15) is 0 Å². The summed E-state index contributed by atoms with van der Waals surface area (Å²) in [5, 5.41) is 0. The number of hydrogen-bond acceptors (Lipinski definition) is 4. The second-order valence-electron chi connectivity index (χ2n) is 4.61. The van der Waals surface area contributed by atoms with Crippen molar-refractivity contribution in [1.29, 1.82) is 0 Å². The summed E-state index contributed by atoms with van der Waals surface area (Å²) in [4.78, 5) is 0.268. The largest absolute Gasteiger partial charge is 0.399 e. The minimum absolute atomic E-state index is 0.0529. The number of anilines is 1. The third-order valence-electron chi connectivity index (χ3n) is 2.74. The molecular weight excluding hydrogens is 238 g/mol. The molecule has 0 bridgehead atoms. The Morgan fingerprint density at radius 3 is 2.53 bits per heavy atom. The molecule has 1 aromatic rings. The van der Waals surface area contributed by atoms with Gasteiger partial charge in [0, 0.05) is 12.8 Å². The summed E-state index contributed by atoms with van der Waals surface area (Å²) in [5.41, 5.74) is 5.59. The topological polar surface area (TPSA) is 69.4 Å². The molecule has 2 N–H and O–H groups in total. The first-order chi connectivity index (χ1) is 7.77. The van der Waals surface area contributed by atoms with Crippen LogP contribution in [0.5, 0.6) is 0 Å². The molecule has 5 heteroatoms. The van der Waals surface area contributed by atoms with Gasteiger partial charge in [0.25, 0.3) is 0 Å². The highest BCUT2D eigenvalue weighted by Crippen LogP contribution is 2.19. The summed E-state index contributed by atoms with van der Waals surface area (Å²) in [6.07, 6.45) is 0.445. The summed E-state index contributed by atoms with van der Waals surface area (Å²) in [6.45, 7) is 3.73. The fourth-order valence-electron chi connectivity index (χ4n) is 1.31. The maximum absolute atomic E-state index is 12.0. The first-order valence-corrected chi connectivity index (χ1v) is 7.05. The Bertz CT molecular complexity index is 480. The fraction of sp³-hybridized carbons (Fsp3) is 0.500. The molecule has 0 fully saturated rings. The fourth-order valence-corrected chi connectivity index (χ4v) is 2.91. The molecule has 0 heterocycles. The molecule has 0 amide bonds. The van der Waals surface area contributed by atoms with Gasteiger partial charge in [-0.1, -0.05) is 6.07 Å². The van der Waals surface area contributed by atoms with Crippen molar-refractivity contribution in [2.75, 3.05) is 18.6 Å². The molecule has 4 nitrogen and oxygen atoms in total. The molecule has 0 atom stereocenters. The molecule has 0 aliphatic rings. The van der Waals surface area contributed by atoms with Crippen LogP contribution in [0.25, 0.3) is 0 Å². The van der Waals surface area contributed by atoms with Gasteiger partial charge in [0.2, 0.25) is 0 Å². The lowest BCUT2D eigenvalue weighted by molar-refractivity contribution is 0.0203. The number of methoxy groups -OCH3 is 1. The molecule has 1 aromatic carbocycles. The van der Waals surface area contributed by atoms with E-state index in [1.807, 2.05) is 13.8 Å². The summed E-state index contributed by atoms with van der Waals surface area (Å²) in [5.74, 6) is 0.0529. The second-order valence-corrected chi connectivity index (χ2v) is 6.71. The molecule has 0 saturated carbocycles. The lowest BCUT2D eigenvalue weighted by Crippen LogP contribution is -2.26.